The first-order valence-corrected chi connectivity index (χ1v) is 9.09. The van der Waals surface area contributed by atoms with Gasteiger partial charge in [-0.1, -0.05) is 32.0 Å². The largest absolute Gasteiger partial charge is 0.341 e. The van der Waals surface area contributed by atoms with E-state index in [0.717, 1.165) is 48.0 Å². The number of piperidine rings is 1. The van der Waals surface area contributed by atoms with Gasteiger partial charge in [-0.15, -0.1) is 0 Å². The van der Waals surface area contributed by atoms with E-state index < -0.39 is 0 Å². The van der Waals surface area contributed by atoms with Crippen LogP contribution in [0, 0.1) is 12.8 Å². The SMILES string of the molecule is Cc1cccc2cc(CNC3CCCN(C(=O)C(C)C)C3)c(=O)[nH]c12. The van der Waals surface area contributed by atoms with E-state index in [0.29, 0.717) is 6.54 Å². The highest BCUT2D eigenvalue weighted by molar-refractivity contribution is 5.81. The fraction of sp³-hybridized carbons (Fsp3) is 0.500. The Kier molecular flexibility index (Phi) is 5.23. The molecule has 5 nitrogen and oxygen atoms in total. The lowest BCUT2D eigenvalue weighted by atomic mass is 10.0. The van der Waals surface area contributed by atoms with Crippen molar-refractivity contribution in [1.29, 1.82) is 0 Å². The van der Waals surface area contributed by atoms with Crippen LogP contribution in [-0.2, 0) is 11.3 Å². The van der Waals surface area contributed by atoms with Crippen molar-refractivity contribution in [2.24, 2.45) is 5.92 Å². The van der Waals surface area contributed by atoms with Gasteiger partial charge in [0.15, 0.2) is 0 Å². The summed E-state index contributed by atoms with van der Waals surface area (Å²) in [6.45, 7) is 7.96. The van der Waals surface area contributed by atoms with Crippen LogP contribution in [0.15, 0.2) is 29.1 Å². The molecule has 1 fully saturated rings. The molecule has 0 saturated carbocycles. The number of fused-ring (bicyclic) bond motifs is 1. The summed E-state index contributed by atoms with van der Waals surface area (Å²) in [5.41, 5.74) is 2.68. The van der Waals surface area contributed by atoms with E-state index in [1.54, 1.807) is 0 Å². The van der Waals surface area contributed by atoms with Gasteiger partial charge in [-0.2, -0.15) is 0 Å². The summed E-state index contributed by atoms with van der Waals surface area (Å²) < 4.78 is 0. The number of carbonyl (C=O) groups excluding carboxylic acids is 1. The van der Waals surface area contributed by atoms with Crippen molar-refractivity contribution in [2.45, 2.75) is 46.2 Å². The molecule has 1 saturated heterocycles. The van der Waals surface area contributed by atoms with Crippen molar-refractivity contribution in [3.05, 3.63) is 45.7 Å². The Hall–Kier alpha value is -2.14. The predicted octanol–water partition coefficient (Wildman–Crippen LogP) is 2.57. The quantitative estimate of drug-likeness (QED) is 0.898. The van der Waals surface area contributed by atoms with Gasteiger partial charge >= 0.3 is 0 Å². The Balaban J connectivity index is 1.69. The number of pyridine rings is 1. The Labute approximate surface area is 148 Å². The van der Waals surface area contributed by atoms with Gasteiger partial charge in [0, 0.05) is 37.2 Å². The fourth-order valence-corrected chi connectivity index (χ4v) is 3.52. The zero-order valence-electron chi connectivity index (χ0n) is 15.3. The molecule has 2 heterocycles. The van der Waals surface area contributed by atoms with Crippen LogP contribution in [0.25, 0.3) is 10.9 Å². The average molecular weight is 341 g/mol. The van der Waals surface area contributed by atoms with E-state index >= 15 is 0 Å². The van der Waals surface area contributed by atoms with Crippen molar-refractivity contribution in [3.8, 4) is 0 Å². The molecule has 2 N–H and O–H groups in total. The predicted molar refractivity (Wildman–Crippen MR) is 101 cm³/mol. The monoisotopic (exact) mass is 341 g/mol. The highest BCUT2D eigenvalue weighted by Crippen LogP contribution is 2.16. The number of aryl methyl sites for hydroxylation is 1. The molecule has 0 bridgehead atoms. The summed E-state index contributed by atoms with van der Waals surface area (Å²) in [4.78, 5) is 29.5. The lowest BCUT2D eigenvalue weighted by molar-refractivity contribution is -0.135. The fourth-order valence-electron chi connectivity index (χ4n) is 3.52. The molecule has 1 aromatic carbocycles. The Morgan fingerprint density at radius 3 is 2.96 bits per heavy atom. The standard InChI is InChI=1S/C20H27N3O2/c1-13(2)20(25)23-9-5-8-17(12-23)21-11-16-10-15-7-4-6-14(3)18(15)22-19(16)24/h4,6-7,10,13,17,21H,5,8-9,11-12H2,1-3H3,(H,22,24). The summed E-state index contributed by atoms with van der Waals surface area (Å²) in [6.07, 6.45) is 2.04. The van der Waals surface area contributed by atoms with E-state index in [2.05, 4.69) is 10.3 Å². The topological polar surface area (TPSA) is 65.2 Å². The van der Waals surface area contributed by atoms with Crippen molar-refractivity contribution < 1.29 is 4.79 Å². The summed E-state index contributed by atoms with van der Waals surface area (Å²) in [5, 5.41) is 4.52. The second-order valence-electron chi connectivity index (χ2n) is 7.32. The lowest BCUT2D eigenvalue weighted by Crippen LogP contribution is -2.49. The molecular formula is C20H27N3O2. The van der Waals surface area contributed by atoms with E-state index in [4.69, 9.17) is 0 Å². The molecule has 0 spiro atoms. The molecule has 1 unspecified atom stereocenters. The van der Waals surface area contributed by atoms with Crippen LogP contribution < -0.4 is 10.9 Å². The number of amides is 1. The molecule has 3 rings (SSSR count). The highest BCUT2D eigenvalue weighted by atomic mass is 16.2. The number of nitrogens with one attached hydrogen (secondary N) is 2. The number of para-hydroxylation sites is 1. The first-order valence-electron chi connectivity index (χ1n) is 9.09. The van der Waals surface area contributed by atoms with Crippen LogP contribution in [0.3, 0.4) is 0 Å². The maximum atomic E-state index is 12.4. The smallest absolute Gasteiger partial charge is 0.252 e. The summed E-state index contributed by atoms with van der Waals surface area (Å²) >= 11 is 0. The third-order valence-corrected chi connectivity index (χ3v) is 4.97. The average Bonchev–Trinajstić information content (AvgIpc) is 2.60. The van der Waals surface area contributed by atoms with Gasteiger partial charge in [-0.25, -0.2) is 0 Å². The van der Waals surface area contributed by atoms with Gasteiger partial charge in [0.05, 0.1) is 5.52 Å². The van der Waals surface area contributed by atoms with E-state index in [9.17, 15) is 9.59 Å². The van der Waals surface area contributed by atoms with Gasteiger partial charge in [-0.3, -0.25) is 9.59 Å². The molecule has 25 heavy (non-hydrogen) atoms. The number of aromatic nitrogens is 1. The van der Waals surface area contributed by atoms with Crippen LogP contribution in [0.1, 0.15) is 37.8 Å². The lowest BCUT2D eigenvalue weighted by Gasteiger charge is -2.34. The Morgan fingerprint density at radius 1 is 1.40 bits per heavy atom. The van der Waals surface area contributed by atoms with Gasteiger partial charge < -0.3 is 15.2 Å². The zero-order chi connectivity index (χ0) is 18.0. The van der Waals surface area contributed by atoms with E-state index in [1.165, 1.54) is 0 Å². The minimum atomic E-state index is -0.0415. The highest BCUT2D eigenvalue weighted by Gasteiger charge is 2.24. The Morgan fingerprint density at radius 2 is 2.20 bits per heavy atom. The number of hydrogen-bond donors (Lipinski definition) is 2. The maximum Gasteiger partial charge on any atom is 0.252 e. The summed E-state index contributed by atoms with van der Waals surface area (Å²) in [5.74, 6) is 0.246. The number of nitrogens with zero attached hydrogens (tertiary/aromatic N) is 1. The number of likely N-dealkylation sites (tertiary alicyclic amines) is 1. The Bertz CT molecular complexity index is 825. The second kappa shape index (κ2) is 7.40. The molecule has 1 aromatic heterocycles. The first-order chi connectivity index (χ1) is 12.0. The molecule has 1 atom stereocenters. The molecular weight excluding hydrogens is 314 g/mol. The molecule has 1 aliphatic rings. The van der Waals surface area contributed by atoms with E-state index in [-0.39, 0.29) is 23.4 Å². The van der Waals surface area contributed by atoms with Crippen LogP contribution >= 0.6 is 0 Å². The molecule has 2 aromatic rings. The van der Waals surface area contributed by atoms with Crippen molar-refractivity contribution in [3.63, 3.8) is 0 Å². The van der Waals surface area contributed by atoms with Crippen molar-refractivity contribution in [1.82, 2.24) is 15.2 Å². The van der Waals surface area contributed by atoms with Crippen LogP contribution in [0.4, 0.5) is 0 Å². The number of hydrogen-bond acceptors (Lipinski definition) is 3. The van der Waals surface area contributed by atoms with Crippen molar-refractivity contribution in [2.75, 3.05) is 13.1 Å². The molecule has 5 heteroatoms. The van der Waals surface area contributed by atoms with Crippen LogP contribution in [-0.4, -0.2) is 34.9 Å². The van der Waals surface area contributed by atoms with Crippen LogP contribution in [0.2, 0.25) is 0 Å². The molecule has 1 aliphatic heterocycles. The minimum absolute atomic E-state index is 0.0327. The number of benzene rings is 1. The summed E-state index contributed by atoms with van der Waals surface area (Å²) in [6, 6.07) is 8.23. The second-order valence-corrected chi connectivity index (χ2v) is 7.32. The zero-order valence-corrected chi connectivity index (χ0v) is 15.3. The number of H-pyrrole nitrogens is 1. The molecule has 1 amide bonds. The molecule has 0 radical (unpaired) electrons. The van der Waals surface area contributed by atoms with Crippen LogP contribution in [0.5, 0.6) is 0 Å². The third-order valence-electron chi connectivity index (χ3n) is 4.97. The number of rotatable bonds is 4. The normalized spacial score (nSPS) is 18.1. The molecule has 0 aliphatic carbocycles. The van der Waals surface area contributed by atoms with Crippen molar-refractivity contribution >= 4 is 16.8 Å². The molecule has 134 valence electrons. The summed E-state index contributed by atoms with van der Waals surface area (Å²) in [7, 11) is 0. The van der Waals surface area contributed by atoms with Gasteiger partial charge in [0.1, 0.15) is 0 Å². The maximum absolute atomic E-state index is 12.4. The minimum Gasteiger partial charge on any atom is -0.341 e. The number of carbonyl (C=O) groups is 1. The van der Waals surface area contributed by atoms with Gasteiger partial charge in [0.2, 0.25) is 5.91 Å². The van der Waals surface area contributed by atoms with Gasteiger partial charge in [-0.05, 0) is 36.8 Å². The third kappa shape index (κ3) is 3.93. The number of aromatic amines is 1. The van der Waals surface area contributed by atoms with Gasteiger partial charge in [0.25, 0.3) is 5.56 Å². The first kappa shape index (κ1) is 17.7. The van der Waals surface area contributed by atoms with E-state index in [1.807, 2.05) is 49.9 Å².